The molecule has 5 heteroatoms. The number of ether oxygens (including phenoxy) is 1. The largest absolute Gasteiger partial charge is 0.426 e. The van der Waals surface area contributed by atoms with Gasteiger partial charge in [-0.25, -0.2) is 0 Å². The molecule has 0 aliphatic rings. The minimum atomic E-state index is -0.372. The predicted octanol–water partition coefficient (Wildman–Crippen LogP) is 3.68. The second-order valence-corrected chi connectivity index (χ2v) is 4.80. The zero-order chi connectivity index (χ0) is 10.7. The number of rotatable bonds is 2. The molecule has 14 heavy (non-hydrogen) atoms. The van der Waals surface area contributed by atoms with Crippen molar-refractivity contribution in [3.63, 3.8) is 0 Å². The molecule has 76 valence electrons. The highest BCUT2D eigenvalue weighted by Crippen LogP contribution is 2.26. The van der Waals surface area contributed by atoms with Crippen LogP contribution in [0.2, 0.25) is 10.0 Å². The van der Waals surface area contributed by atoms with Gasteiger partial charge in [0.1, 0.15) is 10.6 Å². The molecule has 0 fully saturated rings. The Labute approximate surface area is 100 Å². The molecule has 0 aliphatic heterocycles. The van der Waals surface area contributed by atoms with Crippen molar-refractivity contribution in [2.24, 2.45) is 0 Å². The molecule has 0 radical (unpaired) electrons. The molecule has 0 bridgehead atoms. The van der Waals surface area contributed by atoms with E-state index in [0.717, 1.165) is 0 Å². The smallest absolute Gasteiger partial charge is 0.324 e. The van der Waals surface area contributed by atoms with E-state index in [4.69, 9.17) is 27.9 Å². The number of esters is 1. The lowest BCUT2D eigenvalue weighted by molar-refractivity contribution is -0.133. The highest BCUT2D eigenvalue weighted by atomic mass is 79.9. The molecule has 0 saturated heterocycles. The second-order valence-electron chi connectivity index (χ2n) is 2.61. The number of benzene rings is 1. The van der Waals surface area contributed by atoms with Gasteiger partial charge < -0.3 is 4.74 Å². The SMILES string of the molecule is CC(Br)C(=O)Oc1ccc(Cl)c(Cl)c1. The van der Waals surface area contributed by atoms with Crippen molar-refractivity contribution >= 4 is 45.1 Å². The molecule has 1 aromatic rings. The number of halogens is 3. The van der Waals surface area contributed by atoms with Crippen LogP contribution >= 0.6 is 39.1 Å². The summed E-state index contributed by atoms with van der Waals surface area (Å²) in [6, 6.07) is 4.66. The van der Waals surface area contributed by atoms with Gasteiger partial charge in [-0.1, -0.05) is 39.1 Å². The Morgan fingerprint density at radius 3 is 2.57 bits per heavy atom. The molecule has 1 aromatic carbocycles. The van der Waals surface area contributed by atoms with E-state index in [2.05, 4.69) is 15.9 Å². The van der Waals surface area contributed by atoms with Crippen molar-refractivity contribution in [1.82, 2.24) is 0 Å². The third kappa shape index (κ3) is 3.15. The molecule has 0 N–H and O–H groups in total. The van der Waals surface area contributed by atoms with Crippen LogP contribution in [0.15, 0.2) is 18.2 Å². The van der Waals surface area contributed by atoms with Gasteiger partial charge in [0.05, 0.1) is 10.0 Å². The lowest BCUT2D eigenvalue weighted by atomic mass is 10.3. The van der Waals surface area contributed by atoms with Crippen molar-refractivity contribution in [2.75, 3.05) is 0 Å². The minimum absolute atomic E-state index is 0.350. The number of carbonyl (C=O) groups is 1. The van der Waals surface area contributed by atoms with E-state index in [1.54, 1.807) is 19.1 Å². The summed E-state index contributed by atoms with van der Waals surface area (Å²) in [4.78, 5) is 10.8. The van der Waals surface area contributed by atoms with E-state index >= 15 is 0 Å². The normalized spacial score (nSPS) is 12.3. The topological polar surface area (TPSA) is 26.3 Å². The van der Waals surface area contributed by atoms with Crippen molar-refractivity contribution in [3.05, 3.63) is 28.2 Å². The van der Waals surface area contributed by atoms with E-state index in [9.17, 15) is 4.79 Å². The van der Waals surface area contributed by atoms with Gasteiger partial charge in [-0.05, 0) is 19.1 Å². The third-order valence-corrected chi connectivity index (χ3v) is 2.55. The minimum Gasteiger partial charge on any atom is -0.426 e. The molecule has 2 nitrogen and oxygen atoms in total. The summed E-state index contributed by atoms with van der Waals surface area (Å²) in [7, 11) is 0. The highest BCUT2D eigenvalue weighted by molar-refractivity contribution is 9.10. The maximum atomic E-state index is 11.2. The molecule has 0 spiro atoms. The predicted molar refractivity (Wildman–Crippen MR) is 60.5 cm³/mol. The van der Waals surface area contributed by atoms with Crippen LogP contribution in [-0.4, -0.2) is 10.8 Å². The molecular weight excluding hydrogens is 291 g/mol. The number of carbonyl (C=O) groups excluding carboxylic acids is 1. The van der Waals surface area contributed by atoms with Gasteiger partial charge in [0, 0.05) is 6.07 Å². The van der Waals surface area contributed by atoms with Crippen LogP contribution in [0.3, 0.4) is 0 Å². The van der Waals surface area contributed by atoms with Crippen molar-refractivity contribution < 1.29 is 9.53 Å². The molecule has 1 atom stereocenters. The van der Waals surface area contributed by atoms with Crippen LogP contribution in [0, 0.1) is 0 Å². The van der Waals surface area contributed by atoms with Gasteiger partial charge in [0.25, 0.3) is 0 Å². The van der Waals surface area contributed by atoms with E-state index < -0.39 is 0 Å². The first-order valence-corrected chi connectivity index (χ1v) is 5.48. The first-order chi connectivity index (χ1) is 6.50. The number of alkyl halides is 1. The monoisotopic (exact) mass is 296 g/mol. The standard InChI is InChI=1S/C9H7BrCl2O2/c1-5(10)9(13)14-6-2-3-7(11)8(12)4-6/h2-5H,1H3. The quantitative estimate of drug-likeness (QED) is 0.473. The first-order valence-electron chi connectivity index (χ1n) is 3.81. The van der Waals surface area contributed by atoms with Crippen LogP contribution in [0.4, 0.5) is 0 Å². The summed E-state index contributed by atoms with van der Waals surface area (Å²) in [5, 5.41) is 0.789. The van der Waals surface area contributed by atoms with Crippen LogP contribution in [0.5, 0.6) is 5.75 Å². The molecule has 0 amide bonds. The highest BCUT2D eigenvalue weighted by Gasteiger charge is 2.11. The Kier molecular flexibility index (Phi) is 4.23. The molecule has 0 heterocycles. The van der Waals surface area contributed by atoms with E-state index in [1.807, 2.05) is 0 Å². The zero-order valence-electron chi connectivity index (χ0n) is 7.26. The Hall–Kier alpha value is -0.250. The lowest BCUT2D eigenvalue weighted by Gasteiger charge is -2.06. The fourth-order valence-corrected chi connectivity index (χ4v) is 1.12. The summed E-state index contributed by atoms with van der Waals surface area (Å²) < 4.78 is 4.98. The van der Waals surface area contributed by atoms with E-state index in [0.29, 0.717) is 15.8 Å². The van der Waals surface area contributed by atoms with Crippen molar-refractivity contribution in [2.45, 2.75) is 11.8 Å². The van der Waals surface area contributed by atoms with Crippen LogP contribution < -0.4 is 4.74 Å². The average molecular weight is 298 g/mol. The fourth-order valence-electron chi connectivity index (χ4n) is 0.738. The summed E-state index contributed by atoms with van der Waals surface area (Å²) in [6.45, 7) is 1.68. The summed E-state index contributed by atoms with van der Waals surface area (Å²) in [5.74, 6) is 0.0130. The fraction of sp³-hybridized carbons (Fsp3) is 0.222. The molecular formula is C9H7BrCl2O2. The van der Waals surface area contributed by atoms with Crippen LogP contribution in [-0.2, 0) is 4.79 Å². The zero-order valence-corrected chi connectivity index (χ0v) is 10.4. The van der Waals surface area contributed by atoms with Crippen LogP contribution in [0.25, 0.3) is 0 Å². The second kappa shape index (κ2) is 5.01. The maximum absolute atomic E-state index is 11.2. The van der Waals surface area contributed by atoms with E-state index in [1.165, 1.54) is 6.07 Å². The Bertz CT molecular complexity index is 353. The summed E-state index contributed by atoms with van der Waals surface area (Å²) in [5.41, 5.74) is 0. The average Bonchev–Trinajstić information content (AvgIpc) is 2.11. The molecule has 0 aliphatic carbocycles. The number of hydrogen-bond donors (Lipinski definition) is 0. The summed E-state index contributed by atoms with van der Waals surface area (Å²) in [6.07, 6.45) is 0. The van der Waals surface area contributed by atoms with Crippen molar-refractivity contribution in [3.8, 4) is 5.75 Å². The summed E-state index contributed by atoms with van der Waals surface area (Å²) >= 11 is 14.5. The Morgan fingerprint density at radius 2 is 2.07 bits per heavy atom. The maximum Gasteiger partial charge on any atom is 0.324 e. The van der Waals surface area contributed by atoms with E-state index in [-0.39, 0.29) is 10.8 Å². The number of hydrogen-bond acceptors (Lipinski definition) is 2. The Morgan fingerprint density at radius 1 is 1.43 bits per heavy atom. The van der Waals surface area contributed by atoms with Gasteiger partial charge in [0.15, 0.2) is 0 Å². The molecule has 0 saturated carbocycles. The van der Waals surface area contributed by atoms with Gasteiger partial charge in [0.2, 0.25) is 0 Å². The van der Waals surface area contributed by atoms with Crippen molar-refractivity contribution in [1.29, 1.82) is 0 Å². The third-order valence-electron chi connectivity index (χ3n) is 1.43. The lowest BCUT2D eigenvalue weighted by Crippen LogP contribution is -2.16. The molecule has 1 unspecified atom stereocenters. The van der Waals surface area contributed by atoms with Gasteiger partial charge >= 0.3 is 5.97 Å². The Balaban J connectivity index is 2.78. The van der Waals surface area contributed by atoms with Crippen LogP contribution in [0.1, 0.15) is 6.92 Å². The van der Waals surface area contributed by atoms with Gasteiger partial charge in [-0.2, -0.15) is 0 Å². The van der Waals surface area contributed by atoms with Gasteiger partial charge in [-0.15, -0.1) is 0 Å². The molecule has 1 rings (SSSR count). The van der Waals surface area contributed by atoms with Gasteiger partial charge in [-0.3, -0.25) is 4.79 Å². The molecule has 0 aromatic heterocycles. The first kappa shape index (κ1) is 11.8.